The van der Waals surface area contributed by atoms with E-state index < -0.39 is 33.1 Å². The van der Waals surface area contributed by atoms with Crippen molar-refractivity contribution in [2.75, 3.05) is 21.3 Å². The van der Waals surface area contributed by atoms with Crippen LogP contribution in [0.3, 0.4) is 0 Å². The summed E-state index contributed by atoms with van der Waals surface area (Å²) in [4.78, 5) is 0. The molecule has 0 aromatic heterocycles. The van der Waals surface area contributed by atoms with Crippen LogP contribution in [0.5, 0.6) is 0 Å². The van der Waals surface area contributed by atoms with Gasteiger partial charge >= 0.3 is 21.2 Å². The third kappa shape index (κ3) is 4.45. The highest BCUT2D eigenvalue weighted by atomic mass is 28.4. The van der Waals surface area contributed by atoms with Gasteiger partial charge in [0.2, 0.25) is 0 Å². The first kappa shape index (κ1) is 16.7. The van der Waals surface area contributed by atoms with Crippen molar-refractivity contribution in [2.24, 2.45) is 5.92 Å². The molecule has 0 fully saturated rings. The molecule has 0 aliphatic carbocycles. The molecule has 0 saturated heterocycles. The molecule has 0 rings (SSSR count). The molecule has 0 N–H and O–H groups in total. The molecule has 0 saturated carbocycles. The van der Waals surface area contributed by atoms with Crippen LogP contribution < -0.4 is 0 Å². The van der Waals surface area contributed by atoms with Crippen molar-refractivity contribution in [1.29, 1.82) is 0 Å². The molecule has 0 aliphatic heterocycles. The molecular weight excluding hydrogens is 274 g/mol. The fourth-order valence-corrected chi connectivity index (χ4v) is 3.13. The molecule has 0 unspecified atom stereocenters. The van der Waals surface area contributed by atoms with E-state index in [1.54, 1.807) is 0 Å². The van der Waals surface area contributed by atoms with Gasteiger partial charge in [0, 0.05) is 27.4 Å². The van der Waals surface area contributed by atoms with Crippen molar-refractivity contribution in [3.8, 4) is 0 Å². The lowest BCUT2D eigenvalue weighted by atomic mass is 10.1. The van der Waals surface area contributed by atoms with Gasteiger partial charge in [0.15, 0.2) is 5.92 Å². The van der Waals surface area contributed by atoms with E-state index in [1.165, 1.54) is 0 Å². The minimum absolute atomic E-state index is 0.947. The first-order valence-electron chi connectivity index (χ1n) is 4.31. The summed E-state index contributed by atoms with van der Waals surface area (Å²) in [6.07, 6.45) is -10.8. The van der Waals surface area contributed by atoms with Crippen LogP contribution in [-0.4, -0.2) is 42.5 Å². The number of hydrogen-bond acceptors (Lipinski definition) is 3. The number of halogens is 6. The molecule has 0 aromatic rings. The topological polar surface area (TPSA) is 27.7 Å². The second-order valence-electron chi connectivity index (χ2n) is 3.14. The Bertz CT molecular complexity index is 214. The quantitative estimate of drug-likeness (QED) is 0.574. The summed E-state index contributed by atoms with van der Waals surface area (Å²) in [7, 11) is -1.10. The average molecular weight is 286 g/mol. The Morgan fingerprint density at radius 2 is 1.12 bits per heavy atom. The van der Waals surface area contributed by atoms with Crippen molar-refractivity contribution < 1.29 is 39.6 Å². The molecule has 0 aliphatic rings. The fourth-order valence-electron chi connectivity index (χ4n) is 1.17. The maximum absolute atomic E-state index is 12.3. The zero-order valence-electron chi connectivity index (χ0n) is 9.28. The van der Waals surface area contributed by atoms with Gasteiger partial charge in [-0.3, -0.25) is 0 Å². The molecule has 0 aromatic carbocycles. The van der Waals surface area contributed by atoms with Gasteiger partial charge in [0.1, 0.15) is 0 Å². The summed E-state index contributed by atoms with van der Waals surface area (Å²) in [5, 5.41) is 0. The number of hydrogen-bond donors (Lipinski definition) is 0. The highest BCUT2D eigenvalue weighted by Gasteiger charge is 2.61. The second-order valence-corrected chi connectivity index (χ2v) is 6.13. The van der Waals surface area contributed by atoms with Crippen molar-refractivity contribution in [1.82, 2.24) is 0 Å². The Hall–Kier alpha value is -0.323. The van der Waals surface area contributed by atoms with Crippen LogP contribution in [0.25, 0.3) is 0 Å². The molecule has 0 heterocycles. The lowest BCUT2D eigenvalue weighted by molar-refractivity contribution is -0.280. The van der Waals surface area contributed by atoms with E-state index in [9.17, 15) is 26.3 Å². The van der Waals surface area contributed by atoms with Crippen LogP contribution in [0.2, 0.25) is 6.04 Å². The maximum atomic E-state index is 12.3. The molecule has 17 heavy (non-hydrogen) atoms. The second kappa shape index (κ2) is 5.55. The van der Waals surface area contributed by atoms with E-state index in [1.807, 2.05) is 0 Å². The SMILES string of the molecule is CO[Si](CC(C(F)(F)F)C(F)(F)F)(OC)OC. The third-order valence-corrected chi connectivity index (χ3v) is 4.95. The Balaban J connectivity index is 5.12. The van der Waals surface area contributed by atoms with Gasteiger partial charge in [-0.2, -0.15) is 26.3 Å². The Labute approximate surface area is 95.0 Å². The van der Waals surface area contributed by atoms with E-state index in [0.717, 1.165) is 21.3 Å². The molecule has 0 spiro atoms. The molecule has 0 radical (unpaired) electrons. The van der Waals surface area contributed by atoms with Gasteiger partial charge in [-0.15, -0.1) is 0 Å². The van der Waals surface area contributed by atoms with Crippen molar-refractivity contribution in [3.05, 3.63) is 0 Å². The van der Waals surface area contributed by atoms with E-state index >= 15 is 0 Å². The normalized spacial score (nSPS) is 14.5. The predicted molar refractivity (Wildman–Crippen MR) is 47.2 cm³/mol. The van der Waals surface area contributed by atoms with Gasteiger partial charge in [0.05, 0.1) is 0 Å². The van der Waals surface area contributed by atoms with E-state index in [-0.39, 0.29) is 0 Å². The third-order valence-electron chi connectivity index (χ3n) is 2.18. The lowest BCUT2D eigenvalue weighted by Crippen LogP contribution is -2.50. The standard InChI is InChI=1S/C7H12F6O3Si/c1-14-17(15-2,16-3)4-5(6(8,9)10)7(11,12)13/h5H,4H2,1-3H3. The molecule has 104 valence electrons. The summed E-state index contributed by atoms with van der Waals surface area (Å²) < 4.78 is 87.4. The van der Waals surface area contributed by atoms with Crippen LogP contribution in [-0.2, 0) is 13.3 Å². The van der Waals surface area contributed by atoms with Gasteiger partial charge < -0.3 is 13.3 Å². The predicted octanol–water partition coefficient (Wildman–Crippen LogP) is 2.61. The summed E-state index contributed by atoms with van der Waals surface area (Å²) in [6.45, 7) is 0. The largest absolute Gasteiger partial charge is 0.501 e. The summed E-state index contributed by atoms with van der Waals surface area (Å²) >= 11 is 0. The fraction of sp³-hybridized carbons (Fsp3) is 1.00. The van der Waals surface area contributed by atoms with Gasteiger partial charge in [-0.1, -0.05) is 0 Å². The van der Waals surface area contributed by atoms with E-state index in [4.69, 9.17) is 0 Å². The van der Waals surface area contributed by atoms with Crippen LogP contribution in [0.1, 0.15) is 0 Å². The van der Waals surface area contributed by atoms with Crippen LogP contribution >= 0.6 is 0 Å². The molecule has 0 amide bonds. The minimum atomic E-state index is -5.42. The summed E-state index contributed by atoms with van der Waals surface area (Å²) in [6, 6.07) is -1.40. The Kier molecular flexibility index (Phi) is 5.44. The lowest BCUT2D eigenvalue weighted by Gasteiger charge is -2.30. The molecule has 10 heteroatoms. The molecular formula is C7H12F6O3Si. The van der Waals surface area contributed by atoms with E-state index in [0.29, 0.717) is 0 Å². The smallest absolute Gasteiger partial charge is 0.377 e. The molecule has 3 nitrogen and oxygen atoms in total. The molecule has 0 bridgehead atoms. The van der Waals surface area contributed by atoms with Crippen LogP contribution in [0, 0.1) is 5.92 Å². The summed E-state index contributed by atoms with van der Waals surface area (Å²) in [5.74, 6) is -3.53. The average Bonchev–Trinajstić information content (AvgIpc) is 2.17. The first-order valence-corrected chi connectivity index (χ1v) is 6.24. The summed E-state index contributed by atoms with van der Waals surface area (Å²) in [5.41, 5.74) is 0. The molecule has 0 atom stereocenters. The highest BCUT2D eigenvalue weighted by Crippen LogP contribution is 2.44. The Morgan fingerprint density at radius 1 is 0.824 bits per heavy atom. The van der Waals surface area contributed by atoms with Crippen molar-refractivity contribution in [3.63, 3.8) is 0 Å². The Morgan fingerprint density at radius 3 is 1.29 bits per heavy atom. The maximum Gasteiger partial charge on any atom is 0.501 e. The first-order chi connectivity index (χ1) is 7.52. The van der Waals surface area contributed by atoms with Crippen LogP contribution in [0.4, 0.5) is 26.3 Å². The van der Waals surface area contributed by atoms with Gasteiger partial charge in [0.25, 0.3) is 0 Å². The van der Waals surface area contributed by atoms with E-state index in [2.05, 4.69) is 13.3 Å². The van der Waals surface area contributed by atoms with Crippen molar-refractivity contribution in [2.45, 2.75) is 18.4 Å². The van der Waals surface area contributed by atoms with Gasteiger partial charge in [-0.05, 0) is 0 Å². The zero-order chi connectivity index (χ0) is 13.9. The number of rotatable bonds is 5. The van der Waals surface area contributed by atoms with Crippen LogP contribution in [0.15, 0.2) is 0 Å². The zero-order valence-corrected chi connectivity index (χ0v) is 10.3. The highest BCUT2D eigenvalue weighted by molar-refractivity contribution is 6.60. The van der Waals surface area contributed by atoms with Gasteiger partial charge in [-0.25, -0.2) is 0 Å². The minimum Gasteiger partial charge on any atom is -0.377 e. The number of alkyl halides is 6. The van der Waals surface area contributed by atoms with Crippen molar-refractivity contribution >= 4 is 8.80 Å². The monoisotopic (exact) mass is 286 g/mol.